The minimum atomic E-state index is 0.713. The Morgan fingerprint density at radius 2 is 2.00 bits per heavy atom. The van der Waals surface area contributed by atoms with Crippen LogP contribution in [0.2, 0.25) is 0 Å². The Hall–Kier alpha value is -1.63. The molecule has 5 heteroatoms. The van der Waals surface area contributed by atoms with Gasteiger partial charge in [0.05, 0.1) is 0 Å². The molecule has 0 amide bonds. The molecule has 0 atom stereocenters. The number of pyridine rings is 1. The number of anilines is 1. The van der Waals surface area contributed by atoms with Gasteiger partial charge in [0, 0.05) is 21.0 Å². The lowest BCUT2D eigenvalue weighted by atomic mass is 10.1. The maximum Gasteiger partial charge on any atom is 0.170 e. The first-order valence-corrected chi connectivity index (χ1v) is 6.60. The molecule has 2 heterocycles. The van der Waals surface area contributed by atoms with Crippen molar-refractivity contribution >= 4 is 33.9 Å². The second kappa shape index (κ2) is 4.24. The maximum atomic E-state index is 6.02. The van der Waals surface area contributed by atoms with E-state index in [-0.39, 0.29) is 0 Å². The Bertz CT molecular complexity index is 733. The number of rotatable bonds is 1. The first-order valence-electron chi connectivity index (χ1n) is 5.52. The number of hydrogen-bond acceptors (Lipinski definition) is 3. The molecule has 0 bridgehead atoms. The number of aromatic nitrogens is 3. The van der Waals surface area contributed by atoms with Gasteiger partial charge in [0.15, 0.2) is 11.5 Å². The third-order valence-corrected chi connectivity index (χ3v) is 3.49. The van der Waals surface area contributed by atoms with E-state index in [1.54, 1.807) is 0 Å². The van der Waals surface area contributed by atoms with Crippen LogP contribution in [0.15, 0.2) is 36.5 Å². The minimum absolute atomic E-state index is 0.713. The van der Waals surface area contributed by atoms with Gasteiger partial charge in [0.1, 0.15) is 0 Å². The predicted molar refractivity (Wildman–Crippen MR) is 80.3 cm³/mol. The third-order valence-electron chi connectivity index (χ3n) is 2.82. The van der Waals surface area contributed by atoms with Crippen molar-refractivity contribution in [1.82, 2.24) is 14.6 Å². The monoisotopic (exact) mass is 350 g/mol. The van der Waals surface area contributed by atoms with Crippen LogP contribution in [0.5, 0.6) is 0 Å². The zero-order valence-electron chi connectivity index (χ0n) is 9.76. The fourth-order valence-corrected chi connectivity index (χ4v) is 2.39. The largest absolute Gasteiger partial charge is 0.398 e. The molecule has 18 heavy (non-hydrogen) atoms. The van der Waals surface area contributed by atoms with E-state index in [0.29, 0.717) is 5.69 Å². The Morgan fingerprint density at radius 3 is 2.83 bits per heavy atom. The van der Waals surface area contributed by atoms with E-state index in [0.717, 1.165) is 26.2 Å². The molecule has 0 unspecified atom stereocenters. The van der Waals surface area contributed by atoms with Gasteiger partial charge in [-0.05, 0) is 65.4 Å². The molecule has 3 rings (SSSR count). The fraction of sp³-hybridized carbons (Fsp3) is 0.0769. The molecule has 0 saturated heterocycles. The summed E-state index contributed by atoms with van der Waals surface area (Å²) in [7, 11) is 0. The van der Waals surface area contributed by atoms with Crippen molar-refractivity contribution in [3.05, 3.63) is 45.7 Å². The van der Waals surface area contributed by atoms with Crippen LogP contribution in [0.25, 0.3) is 17.0 Å². The maximum absolute atomic E-state index is 6.02. The van der Waals surface area contributed by atoms with Gasteiger partial charge >= 0.3 is 0 Å². The molecule has 1 aromatic carbocycles. The summed E-state index contributed by atoms with van der Waals surface area (Å²) in [5.41, 5.74) is 9.65. The highest BCUT2D eigenvalue weighted by Crippen LogP contribution is 2.26. The third kappa shape index (κ3) is 1.84. The van der Waals surface area contributed by atoms with Crippen molar-refractivity contribution in [3.8, 4) is 11.4 Å². The average molecular weight is 350 g/mol. The number of benzene rings is 1. The van der Waals surface area contributed by atoms with Gasteiger partial charge in [-0.2, -0.15) is 0 Å². The van der Waals surface area contributed by atoms with Crippen LogP contribution >= 0.6 is 22.6 Å². The molecule has 2 aromatic heterocycles. The van der Waals surface area contributed by atoms with Gasteiger partial charge in [-0.25, -0.2) is 0 Å². The molecule has 0 radical (unpaired) electrons. The minimum Gasteiger partial charge on any atom is -0.398 e. The van der Waals surface area contributed by atoms with Gasteiger partial charge in [0.2, 0.25) is 0 Å². The van der Waals surface area contributed by atoms with Crippen LogP contribution in [-0.2, 0) is 0 Å². The molecule has 0 aliphatic carbocycles. The highest BCUT2D eigenvalue weighted by Gasteiger charge is 2.11. The number of halogens is 1. The Morgan fingerprint density at radius 1 is 1.17 bits per heavy atom. The summed E-state index contributed by atoms with van der Waals surface area (Å²) in [5, 5.41) is 8.42. The molecule has 90 valence electrons. The van der Waals surface area contributed by atoms with Crippen molar-refractivity contribution in [2.24, 2.45) is 0 Å². The van der Waals surface area contributed by atoms with Crippen LogP contribution in [0.4, 0.5) is 5.69 Å². The second-order valence-corrected chi connectivity index (χ2v) is 5.43. The lowest BCUT2D eigenvalue weighted by Crippen LogP contribution is -1.95. The summed E-state index contributed by atoms with van der Waals surface area (Å²) >= 11 is 2.26. The number of fused-ring (bicyclic) bond motifs is 1. The molecule has 2 N–H and O–H groups in total. The zero-order chi connectivity index (χ0) is 12.7. The molecule has 0 saturated carbocycles. The van der Waals surface area contributed by atoms with Crippen molar-refractivity contribution in [2.75, 3.05) is 5.73 Å². The number of nitrogens with two attached hydrogens (primary N) is 1. The SMILES string of the molecule is Cc1ccn2c(-c3cc(I)ccc3N)nnc2c1. The summed E-state index contributed by atoms with van der Waals surface area (Å²) in [5.74, 6) is 0.779. The number of aryl methyl sites for hydroxylation is 1. The summed E-state index contributed by atoms with van der Waals surface area (Å²) in [6.45, 7) is 2.04. The molecule has 0 aliphatic heterocycles. The topological polar surface area (TPSA) is 56.2 Å². The van der Waals surface area contributed by atoms with Gasteiger partial charge in [-0.3, -0.25) is 4.40 Å². The Kier molecular flexibility index (Phi) is 2.70. The molecule has 0 spiro atoms. The standard InChI is InChI=1S/C13H11IN4/c1-8-4-5-18-12(6-8)16-17-13(18)10-7-9(14)2-3-11(10)15/h2-7H,15H2,1H3. The Balaban J connectivity index is 2.28. The van der Waals surface area contributed by atoms with Crippen LogP contribution in [0.3, 0.4) is 0 Å². The molecular weight excluding hydrogens is 339 g/mol. The van der Waals surface area contributed by atoms with Crippen LogP contribution in [0.1, 0.15) is 5.56 Å². The van der Waals surface area contributed by atoms with E-state index < -0.39 is 0 Å². The van der Waals surface area contributed by atoms with Crippen LogP contribution < -0.4 is 5.73 Å². The van der Waals surface area contributed by atoms with E-state index >= 15 is 0 Å². The van der Waals surface area contributed by atoms with E-state index in [4.69, 9.17) is 5.73 Å². The highest BCUT2D eigenvalue weighted by atomic mass is 127. The van der Waals surface area contributed by atoms with E-state index in [9.17, 15) is 0 Å². The molecule has 3 aromatic rings. The van der Waals surface area contributed by atoms with E-state index in [2.05, 4.69) is 32.8 Å². The first-order chi connectivity index (χ1) is 8.65. The zero-order valence-corrected chi connectivity index (χ0v) is 11.9. The van der Waals surface area contributed by atoms with Gasteiger partial charge < -0.3 is 5.73 Å². The lowest BCUT2D eigenvalue weighted by Gasteiger charge is -2.05. The van der Waals surface area contributed by atoms with E-state index in [1.807, 2.05) is 47.9 Å². The van der Waals surface area contributed by atoms with Crippen molar-refractivity contribution in [3.63, 3.8) is 0 Å². The smallest absolute Gasteiger partial charge is 0.170 e. The van der Waals surface area contributed by atoms with Gasteiger partial charge in [0.25, 0.3) is 0 Å². The van der Waals surface area contributed by atoms with E-state index in [1.165, 1.54) is 0 Å². The van der Waals surface area contributed by atoms with Crippen molar-refractivity contribution in [2.45, 2.75) is 6.92 Å². The predicted octanol–water partition coefficient (Wildman–Crippen LogP) is 2.89. The van der Waals surface area contributed by atoms with Gasteiger partial charge in [-0.1, -0.05) is 0 Å². The second-order valence-electron chi connectivity index (χ2n) is 4.19. The molecular formula is C13H11IN4. The van der Waals surface area contributed by atoms with Gasteiger partial charge in [-0.15, -0.1) is 10.2 Å². The Labute approximate surface area is 118 Å². The van der Waals surface area contributed by atoms with Crippen LogP contribution in [-0.4, -0.2) is 14.6 Å². The first kappa shape index (κ1) is 11.5. The van der Waals surface area contributed by atoms with Crippen LogP contribution in [0, 0.1) is 10.5 Å². The van der Waals surface area contributed by atoms with Crippen molar-refractivity contribution in [1.29, 1.82) is 0 Å². The quantitative estimate of drug-likeness (QED) is 0.542. The summed E-state index contributed by atoms with van der Waals surface area (Å²) in [6.07, 6.45) is 1.97. The highest BCUT2D eigenvalue weighted by molar-refractivity contribution is 14.1. The molecule has 0 aliphatic rings. The summed E-state index contributed by atoms with van der Waals surface area (Å²) in [4.78, 5) is 0. The fourth-order valence-electron chi connectivity index (χ4n) is 1.90. The number of hydrogen-bond donors (Lipinski definition) is 1. The summed E-state index contributed by atoms with van der Waals surface area (Å²) < 4.78 is 3.08. The van der Waals surface area contributed by atoms with Crippen molar-refractivity contribution < 1.29 is 0 Å². The number of nitrogen functional groups attached to an aromatic ring is 1. The number of nitrogens with zero attached hydrogens (tertiary/aromatic N) is 3. The summed E-state index contributed by atoms with van der Waals surface area (Å²) in [6, 6.07) is 9.93. The lowest BCUT2D eigenvalue weighted by molar-refractivity contribution is 1.11. The molecule has 0 fully saturated rings. The normalized spacial score (nSPS) is 11.0. The average Bonchev–Trinajstić information content (AvgIpc) is 2.75. The molecule has 4 nitrogen and oxygen atoms in total.